The van der Waals surface area contributed by atoms with Crippen LogP contribution in [0.15, 0.2) is 30.3 Å². The van der Waals surface area contributed by atoms with Crippen LogP contribution in [0.2, 0.25) is 0 Å². The Morgan fingerprint density at radius 3 is 2.43 bits per heavy atom. The van der Waals surface area contributed by atoms with Crippen molar-refractivity contribution >= 4 is 18.1 Å². The predicted octanol–water partition coefficient (Wildman–Crippen LogP) is 2.03. The monoisotopic (exact) mass is 188 g/mol. The maximum Gasteiger partial charge on any atom is 0.142 e. The Labute approximate surface area is 83.3 Å². The number of Topliss-reactive ketones (excluding diaryl/α,β-unsaturated/α-hetero) is 1. The molecule has 0 amide bonds. The van der Waals surface area contributed by atoms with Crippen LogP contribution in [-0.4, -0.2) is 12.1 Å². The van der Waals surface area contributed by atoms with Crippen LogP contribution < -0.4 is 0 Å². The summed E-state index contributed by atoms with van der Waals surface area (Å²) in [5, 5.41) is 0. The topological polar surface area (TPSA) is 34.1 Å². The minimum absolute atomic E-state index is 0.154. The maximum absolute atomic E-state index is 10.8. The molecule has 2 nitrogen and oxygen atoms in total. The molecule has 14 heavy (non-hydrogen) atoms. The molecule has 72 valence electrons. The molecule has 0 aliphatic rings. The molecule has 0 saturated heterocycles. The van der Waals surface area contributed by atoms with Gasteiger partial charge in [0.1, 0.15) is 12.1 Å². The third kappa shape index (κ3) is 3.35. The fourth-order valence-electron chi connectivity index (χ4n) is 1.18. The highest BCUT2D eigenvalue weighted by Crippen LogP contribution is 2.06. The Bertz CT molecular complexity index is 347. The van der Waals surface area contributed by atoms with Crippen LogP contribution in [0.25, 0.3) is 6.08 Å². The molecular formula is C12H12O2. The second-order valence-corrected chi connectivity index (χ2v) is 3.12. The highest BCUT2D eigenvalue weighted by molar-refractivity contribution is 5.78. The van der Waals surface area contributed by atoms with E-state index in [1.165, 1.54) is 6.08 Å². The normalized spacial score (nSPS) is 10.4. The second-order valence-electron chi connectivity index (χ2n) is 3.12. The highest BCUT2D eigenvalue weighted by Gasteiger charge is 1.96. The average molecular weight is 188 g/mol. The van der Waals surface area contributed by atoms with Crippen molar-refractivity contribution in [3.05, 3.63) is 41.5 Å². The molecule has 0 N–H and O–H groups in total. The van der Waals surface area contributed by atoms with E-state index in [0.717, 1.165) is 17.4 Å². The first kappa shape index (κ1) is 10.4. The SMILES string of the molecule is CC(=O)Cc1ccc(C=CC=O)cc1. The summed E-state index contributed by atoms with van der Waals surface area (Å²) in [4.78, 5) is 20.9. The Morgan fingerprint density at radius 2 is 1.93 bits per heavy atom. The Balaban J connectivity index is 2.73. The van der Waals surface area contributed by atoms with Crippen LogP contribution in [0.3, 0.4) is 0 Å². The van der Waals surface area contributed by atoms with Crippen LogP contribution in [0, 0.1) is 0 Å². The molecule has 0 aliphatic heterocycles. The summed E-state index contributed by atoms with van der Waals surface area (Å²) in [6, 6.07) is 7.56. The second kappa shape index (κ2) is 5.12. The fourth-order valence-corrected chi connectivity index (χ4v) is 1.18. The molecule has 1 aromatic carbocycles. The Hall–Kier alpha value is -1.70. The molecular weight excluding hydrogens is 176 g/mol. The van der Waals surface area contributed by atoms with Gasteiger partial charge in [-0.3, -0.25) is 9.59 Å². The van der Waals surface area contributed by atoms with Crippen molar-refractivity contribution in [2.75, 3.05) is 0 Å². The molecule has 0 atom stereocenters. The van der Waals surface area contributed by atoms with Gasteiger partial charge in [0.2, 0.25) is 0 Å². The number of allylic oxidation sites excluding steroid dienone is 1. The van der Waals surface area contributed by atoms with Crippen LogP contribution >= 0.6 is 0 Å². The Kier molecular flexibility index (Phi) is 3.80. The van der Waals surface area contributed by atoms with Gasteiger partial charge in [-0.2, -0.15) is 0 Å². The first-order chi connectivity index (χ1) is 6.72. The maximum atomic E-state index is 10.8. The lowest BCUT2D eigenvalue weighted by Gasteiger charge is -1.97. The number of ketones is 1. The fraction of sp³-hybridized carbons (Fsp3) is 0.167. The van der Waals surface area contributed by atoms with E-state index >= 15 is 0 Å². The first-order valence-electron chi connectivity index (χ1n) is 4.42. The number of carbonyl (C=O) groups excluding carboxylic acids is 2. The molecule has 0 radical (unpaired) electrons. The van der Waals surface area contributed by atoms with E-state index in [2.05, 4.69) is 0 Å². The molecule has 0 spiro atoms. The van der Waals surface area contributed by atoms with Crippen LogP contribution in [0.4, 0.5) is 0 Å². The van der Waals surface area contributed by atoms with E-state index in [1.807, 2.05) is 24.3 Å². The van der Waals surface area contributed by atoms with Crippen LogP contribution in [0.1, 0.15) is 18.1 Å². The lowest BCUT2D eigenvalue weighted by molar-refractivity contribution is -0.116. The lowest BCUT2D eigenvalue weighted by atomic mass is 10.1. The van der Waals surface area contributed by atoms with E-state index in [9.17, 15) is 9.59 Å². The van der Waals surface area contributed by atoms with Crippen molar-refractivity contribution in [2.45, 2.75) is 13.3 Å². The number of hydrogen-bond donors (Lipinski definition) is 0. The predicted molar refractivity (Wildman–Crippen MR) is 55.9 cm³/mol. The van der Waals surface area contributed by atoms with Gasteiger partial charge in [0.15, 0.2) is 0 Å². The molecule has 0 unspecified atom stereocenters. The number of hydrogen-bond acceptors (Lipinski definition) is 2. The van der Waals surface area contributed by atoms with Crippen molar-refractivity contribution in [1.29, 1.82) is 0 Å². The van der Waals surface area contributed by atoms with Gasteiger partial charge in [-0.1, -0.05) is 30.3 Å². The molecule has 1 rings (SSSR count). The molecule has 0 aromatic heterocycles. The van der Waals surface area contributed by atoms with E-state index in [4.69, 9.17) is 0 Å². The zero-order valence-electron chi connectivity index (χ0n) is 8.07. The van der Waals surface area contributed by atoms with Gasteiger partial charge in [0.25, 0.3) is 0 Å². The van der Waals surface area contributed by atoms with E-state index in [0.29, 0.717) is 6.42 Å². The minimum atomic E-state index is 0.154. The van der Waals surface area contributed by atoms with E-state index in [1.54, 1.807) is 13.0 Å². The molecule has 0 fully saturated rings. The molecule has 1 aromatic rings. The third-order valence-corrected chi connectivity index (χ3v) is 1.80. The summed E-state index contributed by atoms with van der Waals surface area (Å²) in [7, 11) is 0. The van der Waals surface area contributed by atoms with Crippen molar-refractivity contribution in [1.82, 2.24) is 0 Å². The molecule has 0 bridgehead atoms. The van der Waals surface area contributed by atoms with Crippen molar-refractivity contribution in [3.63, 3.8) is 0 Å². The standard InChI is InChI=1S/C12H12O2/c1-10(14)9-12-6-4-11(5-7-12)3-2-8-13/h2-8H,9H2,1H3. The lowest BCUT2D eigenvalue weighted by Crippen LogP contribution is -1.95. The minimum Gasteiger partial charge on any atom is -0.300 e. The number of rotatable bonds is 4. The summed E-state index contributed by atoms with van der Waals surface area (Å²) < 4.78 is 0. The van der Waals surface area contributed by atoms with Gasteiger partial charge in [0.05, 0.1) is 0 Å². The summed E-state index contributed by atoms with van der Waals surface area (Å²) >= 11 is 0. The first-order valence-corrected chi connectivity index (χ1v) is 4.42. The molecule has 0 aliphatic carbocycles. The van der Waals surface area contributed by atoms with E-state index in [-0.39, 0.29) is 5.78 Å². The van der Waals surface area contributed by atoms with Crippen LogP contribution in [-0.2, 0) is 16.0 Å². The molecule has 0 heterocycles. The summed E-state index contributed by atoms with van der Waals surface area (Å²) in [6.45, 7) is 1.57. The third-order valence-electron chi connectivity index (χ3n) is 1.80. The van der Waals surface area contributed by atoms with Gasteiger partial charge in [-0.05, 0) is 24.1 Å². The number of benzene rings is 1. The zero-order chi connectivity index (χ0) is 10.4. The van der Waals surface area contributed by atoms with Gasteiger partial charge >= 0.3 is 0 Å². The van der Waals surface area contributed by atoms with Gasteiger partial charge < -0.3 is 0 Å². The zero-order valence-corrected chi connectivity index (χ0v) is 8.07. The average Bonchev–Trinajstić information content (AvgIpc) is 2.16. The van der Waals surface area contributed by atoms with Crippen molar-refractivity contribution in [2.24, 2.45) is 0 Å². The number of carbonyl (C=O) groups is 2. The summed E-state index contributed by atoms with van der Waals surface area (Å²) in [5.41, 5.74) is 1.96. The summed E-state index contributed by atoms with van der Waals surface area (Å²) in [6.07, 6.45) is 4.38. The molecule has 2 heteroatoms. The van der Waals surface area contributed by atoms with Crippen molar-refractivity contribution < 1.29 is 9.59 Å². The quantitative estimate of drug-likeness (QED) is 0.535. The Morgan fingerprint density at radius 1 is 1.29 bits per heavy atom. The van der Waals surface area contributed by atoms with Gasteiger partial charge in [0, 0.05) is 6.42 Å². The number of aldehydes is 1. The van der Waals surface area contributed by atoms with E-state index < -0.39 is 0 Å². The van der Waals surface area contributed by atoms with Gasteiger partial charge in [-0.25, -0.2) is 0 Å². The smallest absolute Gasteiger partial charge is 0.142 e. The van der Waals surface area contributed by atoms with Crippen LogP contribution in [0.5, 0.6) is 0 Å². The van der Waals surface area contributed by atoms with Gasteiger partial charge in [-0.15, -0.1) is 0 Å². The molecule has 0 saturated carbocycles. The summed E-state index contributed by atoms with van der Waals surface area (Å²) in [5.74, 6) is 0.154. The largest absolute Gasteiger partial charge is 0.300 e. The highest BCUT2D eigenvalue weighted by atomic mass is 16.1. The van der Waals surface area contributed by atoms with Crippen molar-refractivity contribution in [3.8, 4) is 0 Å².